The zero-order valence-electron chi connectivity index (χ0n) is 29.9. The monoisotopic (exact) mass is 699 g/mol. The Labute approximate surface area is 318 Å². The van der Waals surface area contributed by atoms with Gasteiger partial charge in [-0.15, -0.1) is 0 Å². The highest BCUT2D eigenvalue weighted by Crippen LogP contribution is 2.39. The van der Waals surface area contributed by atoms with E-state index in [2.05, 4.69) is 182 Å². The molecule has 0 saturated heterocycles. The number of furan rings is 1. The smallest absolute Gasteiger partial charge is 0.135 e. The quantitative estimate of drug-likeness (QED) is 0.167. The van der Waals surface area contributed by atoms with Crippen molar-refractivity contribution < 1.29 is 4.42 Å². The molecule has 11 rings (SSSR count). The van der Waals surface area contributed by atoms with Crippen molar-refractivity contribution in [1.82, 2.24) is 4.98 Å². The number of para-hydroxylation sites is 1. The first-order valence-electron chi connectivity index (χ1n) is 18.8. The Hall–Kier alpha value is -7.29. The van der Waals surface area contributed by atoms with E-state index in [1.165, 1.54) is 43.4 Å². The average Bonchev–Trinajstić information content (AvgIpc) is 3.65. The fourth-order valence-electron chi connectivity index (χ4n) is 8.28. The van der Waals surface area contributed by atoms with Crippen molar-refractivity contribution in [3.63, 3.8) is 0 Å². The van der Waals surface area contributed by atoms with Crippen LogP contribution in [0.15, 0.2) is 205 Å². The molecule has 0 aliphatic rings. The molecule has 0 radical (unpaired) electrons. The van der Waals surface area contributed by atoms with Gasteiger partial charge in [0.25, 0.3) is 0 Å². The summed E-state index contributed by atoms with van der Waals surface area (Å²) in [5.41, 5.74) is 12.9. The summed E-state index contributed by atoms with van der Waals surface area (Å²) < 4.78 is 6.08. The lowest BCUT2D eigenvalue weighted by molar-refractivity contribution is 0.669. The summed E-state index contributed by atoms with van der Waals surface area (Å²) >= 11 is 0. The molecule has 0 spiro atoms. The Morgan fingerprint density at radius 2 is 0.636 bits per heavy atom. The summed E-state index contributed by atoms with van der Waals surface area (Å²) in [5, 5.41) is 10.0. The predicted octanol–water partition coefficient (Wildman–Crippen LogP) is 14.8. The zero-order chi connectivity index (χ0) is 36.3. The van der Waals surface area contributed by atoms with Crippen molar-refractivity contribution in [3.8, 4) is 55.9 Å². The van der Waals surface area contributed by atoms with Crippen molar-refractivity contribution in [3.05, 3.63) is 200 Å². The van der Waals surface area contributed by atoms with E-state index in [4.69, 9.17) is 9.40 Å². The first-order valence-corrected chi connectivity index (χ1v) is 18.8. The minimum atomic E-state index is 0.906. The van der Waals surface area contributed by atoms with Crippen LogP contribution in [0.5, 0.6) is 0 Å². The van der Waals surface area contributed by atoms with E-state index in [-0.39, 0.29) is 0 Å². The molecule has 0 atom stereocenters. The molecule has 0 fully saturated rings. The fourth-order valence-corrected chi connectivity index (χ4v) is 8.28. The zero-order valence-corrected chi connectivity index (χ0v) is 29.9. The van der Waals surface area contributed by atoms with Gasteiger partial charge in [0.1, 0.15) is 11.2 Å². The standard InChI is InChI=1S/C53H33NO/c1-2-10-37(11-3-1)50-32-41(33-51(54-50)38-24-22-35(23-25-38)40-27-29-53-49(31-40)47-16-8-9-17-52(47)55-53)36-20-18-34(19-21-36)39-26-28-46-44-14-5-4-12-42(44)43-13-6-7-15-45(43)48(46)30-39/h1-33H. The number of pyridine rings is 1. The second kappa shape index (κ2) is 12.7. The van der Waals surface area contributed by atoms with E-state index in [9.17, 15) is 0 Å². The van der Waals surface area contributed by atoms with E-state index in [0.717, 1.165) is 66.7 Å². The molecule has 0 amide bonds. The molecule has 2 aromatic heterocycles. The molecule has 11 aromatic rings. The Kier molecular flexibility index (Phi) is 7.21. The largest absolute Gasteiger partial charge is 0.456 e. The van der Waals surface area contributed by atoms with Gasteiger partial charge in [-0.3, -0.25) is 0 Å². The molecule has 256 valence electrons. The lowest BCUT2D eigenvalue weighted by atomic mass is 9.91. The summed E-state index contributed by atoms with van der Waals surface area (Å²) in [6.07, 6.45) is 0. The number of fused-ring (bicyclic) bond motifs is 9. The molecule has 2 heterocycles. The van der Waals surface area contributed by atoms with Gasteiger partial charge in [0.15, 0.2) is 0 Å². The summed E-state index contributed by atoms with van der Waals surface area (Å²) in [6, 6.07) is 71.7. The van der Waals surface area contributed by atoms with E-state index < -0.39 is 0 Å². The van der Waals surface area contributed by atoms with Crippen LogP contribution in [0.1, 0.15) is 0 Å². The van der Waals surface area contributed by atoms with Crippen LogP contribution >= 0.6 is 0 Å². The van der Waals surface area contributed by atoms with Crippen LogP contribution in [0.2, 0.25) is 0 Å². The number of benzene rings is 9. The van der Waals surface area contributed by atoms with Gasteiger partial charge in [0.2, 0.25) is 0 Å². The minimum Gasteiger partial charge on any atom is -0.456 e. The number of hydrogen-bond donors (Lipinski definition) is 0. The van der Waals surface area contributed by atoms with Crippen molar-refractivity contribution in [1.29, 1.82) is 0 Å². The minimum absolute atomic E-state index is 0.906. The first kappa shape index (κ1) is 31.3. The van der Waals surface area contributed by atoms with E-state index in [1.54, 1.807) is 0 Å². The van der Waals surface area contributed by atoms with Gasteiger partial charge in [-0.1, -0.05) is 164 Å². The average molecular weight is 700 g/mol. The van der Waals surface area contributed by atoms with Crippen molar-refractivity contribution >= 4 is 54.3 Å². The highest BCUT2D eigenvalue weighted by Gasteiger charge is 2.13. The lowest BCUT2D eigenvalue weighted by Crippen LogP contribution is -1.91. The maximum Gasteiger partial charge on any atom is 0.135 e. The summed E-state index contributed by atoms with van der Waals surface area (Å²) in [4.78, 5) is 5.20. The fraction of sp³-hybridized carbons (Fsp3) is 0. The number of aromatic nitrogens is 1. The number of hydrogen-bond acceptors (Lipinski definition) is 2. The molecular weight excluding hydrogens is 667 g/mol. The summed E-state index contributed by atoms with van der Waals surface area (Å²) in [5.74, 6) is 0. The van der Waals surface area contributed by atoms with Crippen molar-refractivity contribution in [2.75, 3.05) is 0 Å². The van der Waals surface area contributed by atoms with Crippen LogP contribution in [0.4, 0.5) is 0 Å². The molecule has 0 aliphatic heterocycles. The Bertz CT molecular complexity index is 3190. The van der Waals surface area contributed by atoms with Gasteiger partial charge in [-0.25, -0.2) is 4.98 Å². The molecule has 0 bridgehead atoms. The third-order valence-electron chi connectivity index (χ3n) is 11.1. The normalized spacial score (nSPS) is 11.6. The van der Waals surface area contributed by atoms with Gasteiger partial charge < -0.3 is 4.42 Å². The van der Waals surface area contributed by atoms with E-state index in [0.29, 0.717) is 0 Å². The van der Waals surface area contributed by atoms with Crippen LogP contribution in [-0.2, 0) is 0 Å². The molecule has 55 heavy (non-hydrogen) atoms. The van der Waals surface area contributed by atoms with Crippen LogP contribution in [0.25, 0.3) is 110 Å². The van der Waals surface area contributed by atoms with Crippen LogP contribution in [-0.4, -0.2) is 4.98 Å². The Morgan fingerprint density at radius 3 is 1.25 bits per heavy atom. The molecule has 2 nitrogen and oxygen atoms in total. The van der Waals surface area contributed by atoms with Gasteiger partial charge >= 0.3 is 0 Å². The van der Waals surface area contributed by atoms with Gasteiger partial charge in [-0.2, -0.15) is 0 Å². The summed E-state index contributed by atoms with van der Waals surface area (Å²) in [6.45, 7) is 0. The third kappa shape index (κ3) is 5.38. The Morgan fingerprint density at radius 1 is 0.236 bits per heavy atom. The predicted molar refractivity (Wildman–Crippen MR) is 231 cm³/mol. The maximum absolute atomic E-state index is 6.08. The molecule has 0 aliphatic carbocycles. The molecule has 0 N–H and O–H groups in total. The van der Waals surface area contributed by atoms with Gasteiger partial charge in [0.05, 0.1) is 11.4 Å². The Balaban J connectivity index is 0.963. The van der Waals surface area contributed by atoms with E-state index >= 15 is 0 Å². The molecule has 0 unspecified atom stereocenters. The molecular formula is C53H33NO. The highest BCUT2D eigenvalue weighted by molar-refractivity contribution is 6.25. The van der Waals surface area contributed by atoms with Crippen LogP contribution < -0.4 is 0 Å². The second-order valence-electron chi connectivity index (χ2n) is 14.3. The summed E-state index contributed by atoms with van der Waals surface area (Å²) in [7, 11) is 0. The molecule has 9 aromatic carbocycles. The van der Waals surface area contributed by atoms with Crippen LogP contribution in [0.3, 0.4) is 0 Å². The van der Waals surface area contributed by atoms with E-state index in [1.807, 2.05) is 18.2 Å². The van der Waals surface area contributed by atoms with Gasteiger partial charge in [0, 0.05) is 21.9 Å². The van der Waals surface area contributed by atoms with Crippen molar-refractivity contribution in [2.24, 2.45) is 0 Å². The number of rotatable bonds is 5. The second-order valence-corrected chi connectivity index (χ2v) is 14.3. The molecule has 2 heteroatoms. The molecule has 0 saturated carbocycles. The van der Waals surface area contributed by atoms with Crippen LogP contribution in [0, 0.1) is 0 Å². The SMILES string of the molecule is c1ccc(-c2cc(-c3ccc(-c4ccc5c6ccccc6c6ccccc6c5c4)cc3)cc(-c3ccc(-c4ccc5oc6ccccc6c5c4)cc3)n2)cc1. The van der Waals surface area contributed by atoms with Gasteiger partial charge in [-0.05, 0) is 102 Å². The maximum atomic E-state index is 6.08. The first-order chi connectivity index (χ1) is 27.2. The lowest BCUT2D eigenvalue weighted by Gasteiger charge is -2.13. The van der Waals surface area contributed by atoms with Crippen molar-refractivity contribution in [2.45, 2.75) is 0 Å². The third-order valence-corrected chi connectivity index (χ3v) is 11.1. The topological polar surface area (TPSA) is 26.0 Å². The number of nitrogens with zero attached hydrogens (tertiary/aromatic N) is 1. The highest BCUT2D eigenvalue weighted by atomic mass is 16.3.